The van der Waals surface area contributed by atoms with E-state index in [1.54, 1.807) is 0 Å². The molecule has 0 atom stereocenters. The lowest BCUT2D eigenvalue weighted by Crippen LogP contribution is -2.53. The van der Waals surface area contributed by atoms with Crippen LogP contribution in [0.2, 0.25) is 0 Å². The van der Waals surface area contributed by atoms with Crippen molar-refractivity contribution in [2.75, 3.05) is 63.8 Å². The minimum atomic E-state index is 0.0391. The van der Waals surface area contributed by atoms with Crippen LogP contribution in [0.15, 0.2) is 66.7 Å². The summed E-state index contributed by atoms with van der Waals surface area (Å²) in [5.74, 6) is 1.11. The Morgan fingerprint density at radius 1 is 0.780 bits per heavy atom. The second-order valence-electron chi connectivity index (χ2n) is 11.0. The third-order valence-electron chi connectivity index (χ3n) is 8.57. The van der Waals surface area contributed by atoms with Crippen molar-refractivity contribution < 1.29 is 9.59 Å². The van der Waals surface area contributed by atoms with Gasteiger partial charge in [0.15, 0.2) is 5.82 Å². The van der Waals surface area contributed by atoms with Crippen LogP contribution in [0.5, 0.6) is 0 Å². The second kappa shape index (κ2) is 13.7. The summed E-state index contributed by atoms with van der Waals surface area (Å²) in [6, 6.07) is 22.7. The van der Waals surface area contributed by atoms with E-state index in [0.717, 1.165) is 56.0 Å². The van der Waals surface area contributed by atoms with Gasteiger partial charge in [0.25, 0.3) is 0 Å². The van der Waals surface area contributed by atoms with Crippen molar-refractivity contribution in [1.82, 2.24) is 24.9 Å². The maximum Gasteiger partial charge on any atom is 0.242 e. The average Bonchev–Trinajstić information content (AvgIpc) is 3.00. The van der Waals surface area contributed by atoms with Crippen LogP contribution in [-0.2, 0) is 9.59 Å². The van der Waals surface area contributed by atoms with Gasteiger partial charge >= 0.3 is 0 Å². The zero-order valence-electron chi connectivity index (χ0n) is 24.4. The van der Waals surface area contributed by atoms with Crippen molar-refractivity contribution in [2.45, 2.75) is 33.1 Å². The summed E-state index contributed by atoms with van der Waals surface area (Å²) in [4.78, 5) is 34.5. The predicted molar refractivity (Wildman–Crippen MR) is 163 cm³/mol. The second-order valence-corrected chi connectivity index (χ2v) is 11.0. The monoisotopic (exact) mass is 554 g/mol. The number of hydrogen-bond acceptors (Lipinski definition) is 6. The number of benzene rings is 2. The molecule has 1 saturated carbocycles. The van der Waals surface area contributed by atoms with E-state index in [1.807, 2.05) is 40.1 Å². The van der Waals surface area contributed by atoms with E-state index in [2.05, 4.69) is 70.2 Å². The van der Waals surface area contributed by atoms with Crippen LogP contribution in [0.1, 0.15) is 33.1 Å². The molecule has 5 rings (SSSR count). The molecule has 1 saturated heterocycles. The van der Waals surface area contributed by atoms with Gasteiger partial charge in [-0.1, -0.05) is 74.9 Å². The zero-order chi connectivity index (χ0) is 28.6. The van der Waals surface area contributed by atoms with Crippen molar-refractivity contribution in [2.24, 2.45) is 5.92 Å². The molecular weight excluding hydrogens is 512 g/mol. The summed E-state index contributed by atoms with van der Waals surface area (Å²) in [6.07, 6.45) is 3.01. The Labute approximate surface area is 244 Å². The number of amides is 2. The van der Waals surface area contributed by atoms with Gasteiger partial charge in [0, 0.05) is 50.7 Å². The van der Waals surface area contributed by atoms with E-state index in [4.69, 9.17) is 0 Å². The fourth-order valence-electron chi connectivity index (χ4n) is 5.54. The number of rotatable bonds is 11. The highest BCUT2D eigenvalue weighted by molar-refractivity contribution is 5.86. The maximum absolute atomic E-state index is 13.3. The molecule has 0 N–H and O–H groups in total. The lowest BCUT2D eigenvalue weighted by Gasteiger charge is -2.37. The van der Waals surface area contributed by atoms with Gasteiger partial charge in [0.05, 0.1) is 12.2 Å². The molecule has 41 heavy (non-hydrogen) atoms. The molecule has 1 aliphatic carbocycles. The minimum Gasteiger partial charge on any atom is -0.352 e. The van der Waals surface area contributed by atoms with Crippen molar-refractivity contribution in [3.63, 3.8) is 0 Å². The summed E-state index contributed by atoms with van der Waals surface area (Å²) in [7, 11) is 0. The zero-order valence-corrected chi connectivity index (χ0v) is 24.4. The normalized spacial score (nSPS) is 15.6. The van der Waals surface area contributed by atoms with Crippen LogP contribution < -0.4 is 4.90 Å². The maximum atomic E-state index is 13.3. The van der Waals surface area contributed by atoms with Crippen LogP contribution in [0.3, 0.4) is 0 Å². The van der Waals surface area contributed by atoms with Gasteiger partial charge in [-0.25, -0.2) is 0 Å². The lowest BCUT2D eigenvalue weighted by atomic mass is 9.84. The largest absolute Gasteiger partial charge is 0.352 e. The Kier molecular flexibility index (Phi) is 9.62. The fraction of sp³-hybridized carbons (Fsp3) is 0.455. The molecule has 2 aromatic carbocycles. The Morgan fingerprint density at radius 3 is 2.02 bits per heavy atom. The Morgan fingerprint density at radius 2 is 1.44 bits per heavy atom. The average molecular weight is 555 g/mol. The van der Waals surface area contributed by atoms with Crippen LogP contribution in [0, 0.1) is 5.92 Å². The first-order valence-electron chi connectivity index (χ1n) is 15.1. The lowest BCUT2D eigenvalue weighted by molar-refractivity contribution is -0.145. The third-order valence-corrected chi connectivity index (χ3v) is 8.57. The Bertz CT molecular complexity index is 1270. The van der Waals surface area contributed by atoms with E-state index < -0.39 is 0 Å². The predicted octanol–water partition coefficient (Wildman–Crippen LogP) is 4.43. The molecule has 1 aromatic heterocycles. The van der Waals surface area contributed by atoms with E-state index in [1.165, 1.54) is 11.1 Å². The molecule has 2 heterocycles. The first-order chi connectivity index (χ1) is 20.1. The van der Waals surface area contributed by atoms with Gasteiger partial charge in [-0.3, -0.25) is 9.59 Å². The number of carbonyl (C=O) groups is 2. The number of aromatic nitrogens is 2. The number of piperazine rings is 1. The van der Waals surface area contributed by atoms with E-state index in [9.17, 15) is 9.59 Å². The number of anilines is 1. The van der Waals surface area contributed by atoms with Gasteiger partial charge in [0.1, 0.15) is 0 Å². The molecule has 8 nitrogen and oxygen atoms in total. The Hall–Kier alpha value is -3.78. The molecule has 2 aliphatic rings. The molecular formula is C33H42N6O2. The molecule has 0 bridgehead atoms. The highest BCUT2D eigenvalue weighted by Gasteiger charge is 2.32. The van der Waals surface area contributed by atoms with Gasteiger partial charge in [0.2, 0.25) is 11.8 Å². The molecule has 216 valence electrons. The molecule has 3 aromatic rings. The van der Waals surface area contributed by atoms with Crippen molar-refractivity contribution >= 4 is 17.6 Å². The first-order valence-corrected chi connectivity index (χ1v) is 15.1. The molecule has 1 aliphatic heterocycles. The van der Waals surface area contributed by atoms with Crippen LogP contribution >= 0.6 is 0 Å². The number of hydrogen-bond donors (Lipinski definition) is 0. The topological polar surface area (TPSA) is 72.9 Å². The molecule has 2 amide bonds. The summed E-state index contributed by atoms with van der Waals surface area (Å²) >= 11 is 0. The van der Waals surface area contributed by atoms with E-state index in [0.29, 0.717) is 32.7 Å². The summed E-state index contributed by atoms with van der Waals surface area (Å²) in [5.41, 5.74) is 4.23. The van der Waals surface area contributed by atoms with Gasteiger partial charge < -0.3 is 19.6 Å². The third kappa shape index (κ3) is 7.11. The fourth-order valence-corrected chi connectivity index (χ4v) is 5.54. The molecule has 8 heteroatoms. The first kappa shape index (κ1) is 28.7. The van der Waals surface area contributed by atoms with Crippen LogP contribution in [0.25, 0.3) is 22.4 Å². The van der Waals surface area contributed by atoms with Gasteiger partial charge in [-0.05, 0) is 49.2 Å². The Balaban J connectivity index is 1.14. The number of nitrogens with zero attached hydrogens (tertiary/aromatic N) is 6. The van der Waals surface area contributed by atoms with Crippen molar-refractivity contribution in [3.8, 4) is 22.4 Å². The van der Waals surface area contributed by atoms with Crippen molar-refractivity contribution in [1.29, 1.82) is 0 Å². The summed E-state index contributed by atoms with van der Waals surface area (Å²) in [5, 5.41) is 9.01. The molecule has 0 radical (unpaired) electrons. The van der Waals surface area contributed by atoms with E-state index in [-0.39, 0.29) is 24.3 Å². The highest BCUT2D eigenvalue weighted by atomic mass is 16.2. The molecule has 0 spiro atoms. The minimum absolute atomic E-state index is 0.0391. The SMILES string of the molecule is CCN(CC)CCN(CC(=O)N1CCN(c2ccc(-c3ccc(-c4ccccc4)cc3)nn2)CC1)C(=O)C1CCC1. The molecule has 2 fully saturated rings. The molecule has 0 unspecified atom stereocenters. The van der Waals surface area contributed by atoms with Gasteiger partial charge in [-0.15, -0.1) is 10.2 Å². The van der Waals surface area contributed by atoms with Crippen molar-refractivity contribution in [3.05, 3.63) is 66.7 Å². The van der Waals surface area contributed by atoms with Gasteiger partial charge in [-0.2, -0.15) is 0 Å². The van der Waals surface area contributed by atoms with E-state index >= 15 is 0 Å². The van der Waals surface area contributed by atoms with Crippen LogP contribution in [-0.4, -0.2) is 95.6 Å². The number of likely N-dealkylation sites (N-methyl/N-ethyl adjacent to an activating group) is 1. The summed E-state index contributed by atoms with van der Waals surface area (Å²) < 4.78 is 0. The highest BCUT2D eigenvalue weighted by Crippen LogP contribution is 2.28. The quantitative estimate of drug-likeness (QED) is 0.349. The standard InChI is InChI=1S/C33H42N6O2/c1-3-36(4-2)19-20-39(33(41)29-11-8-12-29)25-32(40)38-23-21-37(22-24-38)31-18-17-30(34-35-31)28-15-13-27(14-16-28)26-9-6-5-7-10-26/h5-7,9-10,13-18,29H,3-4,8,11-12,19-25H2,1-2H3. The number of carbonyl (C=O) groups excluding carboxylic acids is 2. The summed E-state index contributed by atoms with van der Waals surface area (Å²) in [6.45, 7) is 10.4. The smallest absolute Gasteiger partial charge is 0.242 e. The van der Waals surface area contributed by atoms with Crippen LogP contribution in [0.4, 0.5) is 5.82 Å².